The second-order valence-corrected chi connectivity index (χ2v) is 7.28. The van der Waals surface area contributed by atoms with E-state index in [0.717, 1.165) is 37.4 Å². The maximum atomic E-state index is 12.5. The zero-order valence-electron chi connectivity index (χ0n) is 14.1. The molecular formula is C18H22N2O4S. The van der Waals surface area contributed by atoms with E-state index in [1.807, 2.05) is 18.2 Å². The molecule has 1 aromatic carbocycles. The Kier molecular flexibility index (Phi) is 5.63. The summed E-state index contributed by atoms with van der Waals surface area (Å²) < 4.78 is 5.66. The number of amides is 3. The van der Waals surface area contributed by atoms with Crippen LogP contribution < -0.4 is 10.1 Å². The Morgan fingerprint density at radius 1 is 1.24 bits per heavy atom. The van der Waals surface area contributed by atoms with E-state index in [4.69, 9.17) is 4.74 Å². The highest BCUT2D eigenvalue weighted by Gasteiger charge is 2.41. The van der Waals surface area contributed by atoms with Gasteiger partial charge in [-0.2, -0.15) is 0 Å². The van der Waals surface area contributed by atoms with Crippen LogP contribution in [0.25, 0.3) is 0 Å². The standard InChI is InChI=1S/C18H22N2O4S/c1-12(24-13-7-3-2-4-8-13)17(22)19-14-9-5-6-10-15(14)20-16(21)11-25-18(20)23/h2-4,7-8,12,14-15H,5-6,9-11H2,1H3,(H,19,22). The Balaban J connectivity index is 1.63. The minimum absolute atomic E-state index is 0.158. The molecule has 1 saturated carbocycles. The van der Waals surface area contributed by atoms with Crippen LogP contribution in [0.4, 0.5) is 4.79 Å². The molecule has 7 heteroatoms. The molecule has 1 N–H and O–H groups in total. The van der Waals surface area contributed by atoms with Crippen LogP contribution in [0.15, 0.2) is 30.3 Å². The van der Waals surface area contributed by atoms with Crippen LogP contribution in [0.3, 0.4) is 0 Å². The average Bonchev–Trinajstić information content (AvgIpc) is 2.95. The number of hydrogen-bond acceptors (Lipinski definition) is 5. The number of imide groups is 1. The van der Waals surface area contributed by atoms with Crippen molar-refractivity contribution in [3.05, 3.63) is 30.3 Å². The first-order valence-electron chi connectivity index (χ1n) is 8.57. The van der Waals surface area contributed by atoms with E-state index in [1.54, 1.807) is 19.1 Å². The van der Waals surface area contributed by atoms with Crippen LogP contribution in [0.2, 0.25) is 0 Å². The first-order chi connectivity index (χ1) is 12.1. The molecule has 0 bridgehead atoms. The molecule has 0 aromatic heterocycles. The fourth-order valence-electron chi connectivity index (χ4n) is 3.33. The Bertz CT molecular complexity index is 636. The number of carbonyl (C=O) groups excluding carboxylic acids is 3. The maximum Gasteiger partial charge on any atom is 0.289 e. The molecule has 0 spiro atoms. The molecule has 2 aliphatic rings. The summed E-state index contributed by atoms with van der Waals surface area (Å²) in [5, 5.41) is 2.78. The quantitative estimate of drug-likeness (QED) is 0.871. The highest BCUT2D eigenvalue weighted by atomic mass is 32.2. The largest absolute Gasteiger partial charge is 0.481 e. The SMILES string of the molecule is CC(Oc1ccccc1)C(=O)NC1CCCCC1N1C(=O)CSC1=O. The van der Waals surface area contributed by atoms with E-state index >= 15 is 0 Å². The van der Waals surface area contributed by atoms with E-state index in [1.165, 1.54) is 4.90 Å². The molecule has 6 nitrogen and oxygen atoms in total. The molecule has 1 aliphatic carbocycles. The summed E-state index contributed by atoms with van der Waals surface area (Å²) in [6, 6.07) is 8.70. The molecule has 3 rings (SSSR count). The van der Waals surface area contributed by atoms with E-state index in [2.05, 4.69) is 5.32 Å². The number of nitrogens with zero attached hydrogens (tertiary/aromatic N) is 1. The fraction of sp³-hybridized carbons (Fsp3) is 0.500. The topological polar surface area (TPSA) is 75.7 Å². The summed E-state index contributed by atoms with van der Waals surface area (Å²) in [6.45, 7) is 1.70. The lowest BCUT2D eigenvalue weighted by Gasteiger charge is -2.37. The molecular weight excluding hydrogens is 340 g/mol. The van der Waals surface area contributed by atoms with Gasteiger partial charge >= 0.3 is 0 Å². The van der Waals surface area contributed by atoms with Crippen molar-refractivity contribution >= 4 is 28.8 Å². The van der Waals surface area contributed by atoms with Crippen LogP contribution in [0, 0.1) is 0 Å². The van der Waals surface area contributed by atoms with Crippen molar-refractivity contribution in [2.45, 2.75) is 50.8 Å². The normalized spacial score (nSPS) is 24.9. The number of rotatable bonds is 5. The number of ether oxygens (including phenoxy) is 1. The molecule has 2 fully saturated rings. The minimum atomic E-state index is -0.649. The predicted octanol–water partition coefficient (Wildman–Crippen LogP) is 2.58. The van der Waals surface area contributed by atoms with Crippen LogP contribution in [0.5, 0.6) is 5.75 Å². The smallest absolute Gasteiger partial charge is 0.289 e. The number of nitrogens with one attached hydrogen (secondary N) is 1. The molecule has 0 radical (unpaired) electrons. The van der Waals surface area contributed by atoms with Gasteiger partial charge in [0.25, 0.3) is 11.1 Å². The lowest BCUT2D eigenvalue weighted by atomic mass is 9.89. The highest BCUT2D eigenvalue weighted by Crippen LogP contribution is 2.30. The third kappa shape index (κ3) is 4.15. The number of carbonyl (C=O) groups is 3. The zero-order valence-corrected chi connectivity index (χ0v) is 15.0. The van der Waals surface area contributed by atoms with E-state index in [0.29, 0.717) is 5.75 Å². The summed E-state index contributed by atoms with van der Waals surface area (Å²) in [6.07, 6.45) is 2.77. The van der Waals surface area contributed by atoms with Crippen LogP contribution in [-0.2, 0) is 9.59 Å². The molecule has 3 atom stereocenters. The Morgan fingerprint density at radius 3 is 2.64 bits per heavy atom. The summed E-state index contributed by atoms with van der Waals surface area (Å²) in [7, 11) is 0. The Morgan fingerprint density at radius 2 is 1.96 bits per heavy atom. The van der Waals surface area contributed by atoms with Gasteiger partial charge in [-0.05, 0) is 31.9 Å². The molecule has 3 amide bonds. The summed E-state index contributed by atoms with van der Waals surface area (Å²) in [4.78, 5) is 37.9. The van der Waals surface area contributed by atoms with Gasteiger partial charge in [0.15, 0.2) is 6.10 Å². The van der Waals surface area contributed by atoms with Crippen molar-refractivity contribution in [2.24, 2.45) is 0 Å². The van der Waals surface area contributed by atoms with Gasteiger partial charge in [-0.1, -0.05) is 42.8 Å². The third-order valence-electron chi connectivity index (χ3n) is 4.60. The molecule has 1 heterocycles. The second-order valence-electron chi connectivity index (χ2n) is 6.36. The summed E-state index contributed by atoms with van der Waals surface area (Å²) >= 11 is 1.04. The van der Waals surface area contributed by atoms with Gasteiger partial charge in [-0.3, -0.25) is 19.3 Å². The lowest BCUT2D eigenvalue weighted by Crippen LogP contribution is -2.56. The molecule has 3 unspecified atom stereocenters. The van der Waals surface area contributed by atoms with E-state index in [-0.39, 0.29) is 34.9 Å². The number of para-hydroxylation sites is 1. The highest BCUT2D eigenvalue weighted by molar-refractivity contribution is 8.14. The van der Waals surface area contributed by atoms with Crippen molar-refractivity contribution in [1.82, 2.24) is 10.2 Å². The first-order valence-corrected chi connectivity index (χ1v) is 9.55. The van der Waals surface area contributed by atoms with Gasteiger partial charge in [-0.15, -0.1) is 0 Å². The predicted molar refractivity (Wildman–Crippen MR) is 95.4 cm³/mol. The van der Waals surface area contributed by atoms with Crippen molar-refractivity contribution in [1.29, 1.82) is 0 Å². The molecule has 25 heavy (non-hydrogen) atoms. The number of benzene rings is 1. The van der Waals surface area contributed by atoms with Gasteiger partial charge in [-0.25, -0.2) is 0 Å². The lowest BCUT2D eigenvalue weighted by molar-refractivity contribution is -0.131. The molecule has 1 aromatic rings. The monoisotopic (exact) mass is 362 g/mol. The summed E-state index contributed by atoms with van der Waals surface area (Å²) in [5.74, 6) is 0.442. The zero-order chi connectivity index (χ0) is 17.8. The molecule has 1 saturated heterocycles. The van der Waals surface area contributed by atoms with Gasteiger partial charge in [0.2, 0.25) is 5.91 Å². The molecule has 134 valence electrons. The average molecular weight is 362 g/mol. The minimum Gasteiger partial charge on any atom is -0.481 e. The maximum absolute atomic E-state index is 12.5. The number of thioether (sulfide) groups is 1. The van der Waals surface area contributed by atoms with E-state index < -0.39 is 6.10 Å². The van der Waals surface area contributed by atoms with E-state index in [9.17, 15) is 14.4 Å². The second kappa shape index (κ2) is 7.91. The van der Waals surface area contributed by atoms with Crippen LogP contribution in [-0.4, -0.2) is 45.9 Å². The van der Waals surface area contributed by atoms with Crippen molar-refractivity contribution in [3.63, 3.8) is 0 Å². The van der Waals surface area contributed by atoms with Crippen molar-refractivity contribution < 1.29 is 19.1 Å². The Labute approximate surface area is 151 Å². The van der Waals surface area contributed by atoms with Gasteiger partial charge in [0.1, 0.15) is 5.75 Å². The van der Waals surface area contributed by atoms with Gasteiger partial charge in [0.05, 0.1) is 11.8 Å². The van der Waals surface area contributed by atoms with Crippen LogP contribution >= 0.6 is 11.8 Å². The fourth-order valence-corrected chi connectivity index (χ4v) is 4.09. The molecule has 1 aliphatic heterocycles. The number of hydrogen-bond donors (Lipinski definition) is 1. The van der Waals surface area contributed by atoms with Gasteiger partial charge in [0, 0.05) is 6.04 Å². The van der Waals surface area contributed by atoms with Crippen molar-refractivity contribution in [3.8, 4) is 5.75 Å². The van der Waals surface area contributed by atoms with Crippen molar-refractivity contribution in [2.75, 3.05) is 5.75 Å². The third-order valence-corrected chi connectivity index (χ3v) is 5.43. The van der Waals surface area contributed by atoms with Crippen LogP contribution in [0.1, 0.15) is 32.6 Å². The Hall–Kier alpha value is -2.02. The van der Waals surface area contributed by atoms with Gasteiger partial charge < -0.3 is 10.1 Å². The first kappa shape index (κ1) is 17.8. The summed E-state index contributed by atoms with van der Waals surface area (Å²) in [5.41, 5.74) is 0.